The first kappa shape index (κ1) is 25.2. The quantitative estimate of drug-likeness (QED) is 0.399. The molecule has 1 saturated carbocycles. The molecule has 1 fully saturated rings. The number of carboxylic acid groups (broad SMARTS) is 1. The van der Waals surface area contributed by atoms with Gasteiger partial charge in [0.15, 0.2) is 11.6 Å². The number of allylic oxidation sites excluding steroid dienone is 2. The average Bonchev–Trinajstić information content (AvgIpc) is 3.12. The van der Waals surface area contributed by atoms with Crippen LogP contribution in [0.4, 0.5) is 4.79 Å². The second-order valence-electron chi connectivity index (χ2n) is 10.1. The van der Waals surface area contributed by atoms with Gasteiger partial charge in [0.05, 0.1) is 12.1 Å². The molecule has 1 atom stereocenters. The summed E-state index contributed by atoms with van der Waals surface area (Å²) in [6.45, 7) is 5.02. The maximum absolute atomic E-state index is 12.5. The first-order valence-corrected chi connectivity index (χ1v) is 11.9. The minimum absolute atomic E-state index is 0.00159. The SMILES string of the molecule is CC(N[C@@H](CNC(=O)OCC1c2ccccc2-c2ccccc21)C(=O)O)=C1C(=O)CC(C)(C)CC1=O. The molecule has 8 nitrogen and oxygen atoms in total. The molecule has 1 amide bonds. The van der Waals surface area contributed by atoms with Crippen molar-refractivity contribution in [1.82, 2.24) is 10.6 Å². The molecule has 36 heavy (non-hydrogen) atoms. The third-order valence-corrected chi connectivity index (χ3v) is 6.69. The highest BCUT2D eigenvalue weighted by Crippen LogP contribution is 2.44. The number of nitrogens with one attached hydrogen (secondary N) is 2. The van der Waals surface area contributed by atoms with E-state index in [4.69, 9.17) is 4.74 Å². The molecule has 0 aliphatic heterocycles. The van der Waals surface area contributed by atoms with Crippen LogP contribution in [0.25, 0.3) is 11.1 Å². The van der Waals surface area contributed by atoms with E-state index in [1.54, 1.807) is 0 Å². The third-order valence-electron chi connectivity index (χ3n) is 6.69. The average molecular weight is 491 g/mol. The molecule has 188 valence electrons. The zero-order valence-electron chi connectivity index (χ0n) is 20.6. The summed E-state index contributed by atoms with van der Waals surface area (Å²) in [7, 11) is 0. The molecule has 0 radical (unpaired) electrons. The molecule has 4 rings (SSSR count). The van der Waals surface area contributed by atoms with Crippen molar-refractivity contribution < 1.29 is 29.0 Å². The second-order valence-corrected chi connectivity index (χ2v) is 10.1. The summed E-state index contributed by atoms with van der Waals surface area (Å²) in [5, 5.41) is 14.8. The van der Waals surface area contributed by atoms with Crippen LogP contribution < -0.4 is 10.6 Å². The van der Waals surface area contributed by atoms with Crippen molar-refractivity contribution in [3.05, 3.63) is 70.9 Å². The van der Waals surface area contributed by atoms with E-state index < -0.39 is 23.5 Å². The number of amides is 1. The minimum Gasteiger partial charge on any atom is -0.480 e. The normalized spacial score (nSPS) is 17.1. The van der Waals surface area contributed by atoms with Crippen LogP contribution in [0.2, 0.25) is 0 Å². The molecule has 2 aliphatic carbocycles. The lowest BCUT2D eigenvalue weighted by atomic mass is 9.73. The molecule has 2 aromatic rings. The van der Waals surface area contributed by atoms with Gasteiger partial charge in [-0.2, -0.15) is 0 Å². The van der Waals surface area contributed by atoms with Crippen LogP contribution >= 0.6 is 0 Å². The van der Waals surface area contributed by atoms with Crippen molar-refractivity contribution in [1.29, 1.82) is 0 Å². The van der Waals surface area contributed by atoms with E-state index in [1.807, 2.05) is 62.4 Å². The number of benzene rings is 2. The number of carboxylic acids is 1. The van der Waals surface area contributed by atoms with Gasteiger partial charge in [0.1, 0.15) is 12.6 Å². The Balaban J connectivity index is 1.37. The van der Waals surface area contributed by atoms with Gasteiger partial charge >= 0.3 is 12.1 Å². The number of carbonyl (C=O) groups excluding carboxylic acids is 3. The number of aliphatic carboxylic acids is 1. The number of rotatable bonds is 7. The van der Waals surface area contributed by atoms with Crippen molar-refractivity contribution in [2.75, 3.05) is 13.2 Å². The minimum atomic E-state index is -1.24. The zero-order chi connectivity index (χ0) is 26.0. The molecule has 0 aromatic heterocycles. The molecular formula is C28H30N2O6. The predicted octanol–water partition coefficient (Wildman–Crippen LogP) is 3.80. The van der Waals surface area contributed by atoms with E-state index in [0.29, 0.717) is 0 Å². The van der Waals surface area contributed by atoms with E-state index in [2.05, 4.69) is 10.6 Å². The largest absolute Gasteiger partial charge is 0.480 e. The first-order valence-electron chi connectivity index (χ1n) is 11.9. The molecule has 0 heterocycles. The van der Waals surface area contributed by atoms with Gasteiger partial charge in [-0.1, -0.05) is 62.4 Å². The number of ether oxygens (including phenoxy) is 1. The summed E-state index contributed by atoms with van der Waals surface area (Å²) >= 11 is 0. The van der Waals surface area contributed by atoms with E-state index in [1.165, 1.54) is 6.92 Å². The van der Waals surface area contributed by atoms with Gasteiger partial charge in [-0.15, -0.1) is 0 Å². The number of hydrogen-bond donors (Lipinski definition) is 3. The Bertz CT molecular complexity index is 1190. The molecule has 2 aromatic carbocycles. The summed E-state index contributed by atoms with van der Waals surface area (Å²) in [5.41, 5.74) is 4.14. The Kier molecular flexibility index (Phi) is 6.97. The van der Waals surface area contributed by atoms with Crippen LogP contribution in [-0.4, -0.2) is 47.9 Å². The van der Waals surface area contributed by atoms with Crippen molar-refractivity contribution in [3.8, 4) is 11.1 Å². The van der Waals surface area contributed by atoms with Crippen LogP contribution in [0.3, 0.4) is 0 Å². The van der Waals surface area contributed by atoms with Gasteiger partial charge in [0.2, 0.25) is 0 Å². The highest BCUT2D eigenvalue weighted by molar-refractivity contribution is 6.22. The number of hydrogen-bond acceptors (Lipinski definition) is 6. The molecule has 2 aliphatic rings. The summed E-state index contributed by atoms with van der Waals surface area (Å²) in [4.78, 5) is 49.2. The fourth-order valence-electron chi connectivity index (χ4n) is 5.05. The van der Waals surface area contributed by atoms with Crippen LogP contribution in [0.1, 0.15) is 50.7 Å². The highest BCUT2D eigenvalue weighted by atomic mass is 16.5. The number of ketones is 2. The van der Waals surface area contributed by atoms with Crippen LogP contribution in [0.5, 0.6) is 0 Å². The summed E-state index contributed by atoms with van der Waals surface area (Å²) in [6.07, 6.45) is -0.326. The summed E-state index contributed by atoms with van der Waals surface area (Å²) < 4.78 is 5.46. The molecule has 0 bridgehead atoms. The number of carbonyl (C=O) groups is 4. The lowest BCUT2D eigenvalue weighted by Gasteiger charge is -2.30. The van der Waals surface area contributed by atoms with E-state index in [9.17, 15) is 24.3 Å². The Labute approximate surface area is 209 Å². The number of alkyl carbamates (subject to hydrolysis) is 1. The molecule has 3 N–H and O–H groups in total. The Morgan fingerprint density at radius 1 is 1.00 bits per heavy atom. The van der Waals surface area contributed by atoms with Gasteiger partial charge in [-0.05, 0) is 34.6 Å². The van der Waals surface area contributed by atoms with Gasteiger partial charge < -0.3 is 20.5 Å². The molecule has 0 spiro atoms. The van der Waals surface area contributed by atoms with Crippen molar-refractivity contribution in [2.45, 2.75) is 45.6 Å². The monoisotopic (exact) mass is 490 g/mol. The van der Waals surface area contributed by atoms with Gasteiger partial charge in [-0.3, -0.25) is 9.59 Å². The Morgan fingerprint density at radius 2 is 1.53 bits per heavy atom. The third kappa shape index (κ3) is 5.17. The number of Topliss-reactive ketones (excluding diaryl/α,β-unsaturated/α-hetero) is 2. The van der Waals surface area contributed by atoms with Crippen LogP contribution in [0, 0.1) is 5.41 Å². The van der Waals surface area contributed by atoms with Crippen molar-refractivity contribution in [3.63, 3.8) is 0 Å². The second kappa shape index (κ2) is 9.97. The van der Waals surface area contributed by atoms with Gasteiger partial charge in [0, 0.05) is 24.5 Å². The van der Waals surface area contributed by atoms with Gasteiger partial charge in [-0.25, -0.2) is 9.59 Å². The molecule has 0 saturated heterocycles. The van der Waals surface area contributed by atoms with E-state index in [-0.39, 0.29) is 54.7 Å². The van der Waals surface area contributed by atoms with Gasteiger partial charge in [0.25, 0.3) is 0 Å². The fourth-order valence-corrected chi connectivity index (χ4v) is 5.05. The fraction of sp³-hybridized carbons (Fsp3) is 0.357. The van der Waals surface area contributed by atoms with Crippen LogP contribution in [-0.2, 0) is 19.1 Å². The van der Waals surface area contributed by atoms with Crippen molar-refractivity contribution >= 4 is 23.6 Å². The zero-order valence-corrected chi connectivity index (χ0v) is 20.6. The topological polar surface area (TPSA) is 122 Å². The van der Waals surface area contributed by atoms with Crippen molar-refractivity contribution in [2.24, 2.45) is 5.41 Å². The lowest BCUT2D eigenvalue weighted by Crippen LogP contribution is -2.46. The number of fused-ring (bicyclic) bond motifs is 3. The molecule has 0 unspecified atom stereocenters. The summed E-state index contributed by atoms with van der Waals surface area (Å²) in [6, 6.07) is 14.7. The van der Waals surface area contributed by atoms with Crippen LogP contribution in [0.15, 0.2) is 59.8 Å². The Hall–Kier alpha value is -3.94. The summed E-state index contributed by atoms with van der Waals surface area (Å²) in [5.74, 6) is -1.97. The predicted molar refractivity (Wildman–Crippen MR) is 133 cm³/mol. The smallest absolute Gasteiger partial charge is 0.407 e. The Morgan fingerprint density at radius 3 is 2.06 bits per heavy atom. The molecular weight excluding hydrogens is 460 g/mol. The standard InChI is InChI=1S/C28H30N2O6/c1-16(25-23(31)12-28(2,3)13-24(25)32)30-22(26(33)34)14-29-27(35)36-15-21-19-10-6-4-8-17(19)18-9-5-7-11-20(18)21/h4-11,21-22,30H,12-15H2,1-3H3,(H,29,35)(H,33,34)/t22-/m0/s1. The first-order chi connectivity index (χ1) is 17.1. The van der Waals surface area contributed by atoms with E-state index >= 15 is 0 Å². The lowest BCUT2D eigenvalue weighted by molar-refractivity contribution is -0.139. The highest BCUT2D eigenvalue weighted by Gasteiger charge is 2.37. The molecule has 8 heteroatoms. The maximum atomic E-state index is 12.5. The van der Waals surface area contributed by atoms with E-state index in [0.717, 1.165) is 22.3 Å². The maximum Gasteiger partial charge on any atom is 0.407 e.